The number of nitro groups is 1. The maximum Gasteiger partial charge on any atom is 0.288 e. The molecule has 33 heavy (non-hydrogen) atoms. The summed E-state index contributed by atoms with van der Waals surface area (Å²) >= 11 is 5.80. The Bertz CT molecular complexity index is 1350. The van der Waals surface area contributed by atoms with Gasteiger partial charge in [0.15, 0.2) is 0 Å². The Balaban J connectivity index is 1.49. The van der Waals surface area contributed by atoms with E-state index in [9.17, 15) is 14.9 Å². The predicted octanol–water partition coefficient (Wildman–Crippen LogP) is 5.78. The Morgan fingerprint density at radius 3 is 2.45 bits per heavy atom. The molecule has 164 valence electrons. The van der Waals surface area contributed by atoms with E-state index in [1.807, 2.05) is 37.3 Å². The van der Waals surface area contributed by atoms with Crippen molar-refractivity contribution in [3.63, 3.8) is 0 Å². The molecule has 0 aliphatic carbocycles. The van der Waals surface area contributed by atoms with Gasteiger partial charge in [0, 0.05) is 28.6 Å². The second kappa shape index (κ2) is 9.50. The van der Waals surface area contributed by atoms with Crippen LogP contribution in [-0.4, -0.2) is 21.6 Å². The third-order valence-electron chi connectivity index (χ3n) is 5.08. The number of aryl methyl sites for hydroxylation is 1. The highest BCUT2D eigenvalue weighted by atomic mass is 35.5. The summed E-state index contributed by atoms with van der Waals surface area (Å²) < 4.78 is 2.13. The van der Waals surface area contributed by atoms with E-state index in [0.717, 1.165) is 22.6 Å². The van der Waals surface area contributed by atoms with Crippen LogP contribution in [0, 0.1) is 17.0 Å². The Kier molecular flexibility index (Phi) is 6.33. The van der Waals surface area contributed by atoms with Crippen LogP contribution in [0.15, 0.2) is 90.0 Å². The van der Waals surface area contributed by atoms with Crippen LogP contribution in [0.25, 0.3) is 16.9 Å². The molecule has 7 nitrogen and oxygen atoms in total. The summed E-state index contributed by atoms with van der Waals surface area (Å²) in [6.07, 6.45) is 1.32. The zero-order valence-corrected chi connectivity index (χ0v) is 18.4. The SMILES string of the molecule is Cc1ccc(-c2ccccc2)n1-c1ccc(C(=O)N/N=C/c2ccc(Cl)c([N+](=O)[O-])c2)cc1. The Morgan fingerprint density at radius 2 is 1.76 bits per heavy atom. The number of hydrogen-bond donors (Lipinski definition) is 1. The maximum absolute atomic E-state index is 12.5. The van der Waals surface area contributed by atoms with Gasteiger partial charge in [-0.2, -0.15) is 5.10 Å². The van der Waals surface area contributed by atoms with E-state index in [1.54, 1.807) is 18.2 Å². The fourth-order valence-electron chi connectivity index (χ4n) is 3.46. The summed E-state index contributed by atoms with van der Waals surface area (Å²) in [6.45, 7) is 2.03. The Labute approximate surface area is 195 Å². The number of nitrogens with one attached hydrogen (secondary N) is 1. The number of rotatable bonds is 6. The number of halogens is 1. The van der Waals surface area contributed by atoms with Crippen molar-refractivity contribution in [2.75, 3.05) is 0 Å². The van der Waals surface area contributed by atoms with Gasteiger partial charge >= 0.3 is 0 Å². The molecule has 0 spiro atoms. The summed E-state index contributed by atoms with van der Waals surface area (Å²) in [4.78, 5) is 22.9. The van der Waals surface area contributed by atoms with Gasteiger partial charge in [-0.3, -0.25) is 14.9 Å². The molecule has 1 N–H and O–H groups in total. The van der Waals surface area contributed by atoms with Crippen LogP contribution in [0.4, 0.5) is 5.69 Å². The van der Waals surface area contributed by atoms with Crippen molar-refractivity contribution in [2.24, 2.45) is 5.10 Å². The van der Waals surface area contributed by atoms with Crippen molar-refractivity contribution in [2.45, 2.75) is 6.92 Å². The Morgan fingerprint density at radius 1 is 1.03 bits per heavy atom. The van der Waals surface area contributed by atoms with Crippen molar-refractivity contribution in [1.29, 1.82) is 0 Å². The molecule has 0 aliphatic rings. The molecule has 0 saturated carbocycles. The number of aromatic nitrogens is 1. The summed E-state index contributed by atoms with van der Waals surface area (Å²) in [7, 11) is 0. The standard InChI is InChI=1S/C25H19ClN4O3/c1-17-7-14-23(19-5-3-2-4-6-19)29(17)21-11-9-20(10-12-21)25(31)28-27-16-18-8-13-22(26)24(15-18)30(32)33/h2-16H,1H3,(H,28,31)/b27-16+. The molecule has 0 radical (unpaired) electrons. The molecular weight excluding hydrogens is 440 g/mol. The van der Waals surface area contributed by atoms with Crippen molar-refractivity contribution in [3.8, 4) is 16.9 Å². The first-order chi connectivity index (χ1) is 15.9. The molecule has 1 aromatic heterocycles. The average Bonchev–Trinajstić information content (AvgIpc) is 3.22. The van der Waals surface area contributed by atoms with E-state index in [0.29, 0.717) is 11.1 Å². The smallest absolute Gasteiger partial charge is 0.288 e. The zero-order chi connectivity index (χ0) is 23.4. The molecule has 0 aliphatic heterocycles. The summed E-state index contributed by atoms with van der Waals surface area (Å²) in [5, 5.41) is 14.9. The minimum Gasteiger partial charge on any atom is -0.314 e. The zero-order valence-electron chi connectivity index (χ0n) is 17.6. The normalized spacial score (nSPS) is 11.0. The molecule has 8 heteroatoms. The summed E-state index contributed by atoms with van der Waals surface area (Å²) in [5.74, 6) is -0.395. The molecule has 4 rings (SSSR count). The van der Waals surface area contributed by atoms with E-state index < -0.39 is 10.8 Å². The molecule has 0 unspecified atom stereocenters. The van der Waals surface area contributed by atoms with E-state index >= 15 is 0 Å². The van der Waals surface area contributed by atoms with Gasteiger partial charge in [-0.25, -0.2) is 5.43 Å². The maximum atomic E-state index is 12.5. The molecular formula is C25H19ClN4O3. The predicted molar refractivity (Wildman–Crippen MR) is 129 cm³/mol. The van der Waals surface area contributed by atoms with E-state index in [1.165, 1.54) is 18.3 Å². The lowest BCUT2D eigenvalue weighted by Gasteiger charge is -2.12. The number of benzene rings is 3. The highest BCUT2D eigenvalue weighted by molar-refractivity contribution is 6.32. The topological polar surface area (TPSA) is 89.5 Å². The number of carbonyl (C=O) groups excluding carboxylic acids is 1. The first-order valence-electron chi connectivity index (χ1n) is 10.1. The van der Waals surface area contributed by atoms with Gasteiger partial charge in [-0.05, 0) is 55.0 Å². The highest BCUT2D eigenvalue weighted by Crippen LogP contribution is 2.27. The van der Waals surface area contributed by atoms with Crippen LogP contribution in [0.5, 0.6) is 0 Å². The number of amides is 1. The van der Waals surface area contributed by atoms with Crippen LogP contribution in [-0.2, 0) is 0 Å². The first-order valence-corrected chi connectivity index (χ1v) is 10.4. The van der Waals surface area contributed by atoms with Crippen LogP contribution in [0.1, 0.15) is 21.6 Å². The van der Waals surface area contributed by atoms with Gasteiger partial charge in [0.05, 0.1) is 16.8 Å². The minimum absolute atomic E-state index is 0.0367. The third kappa shape index (κ3) is 4.83. The lowest BCUT2D eigenvalue weighted by Crippen LogP contribution is -2.17. The molecule has 1 amide bonds. The van der Waals surface area contributed by atoms with Crippen molar-refractivity contribution < 1.29 is 9.72 Å². The van der Waals surface area contributed by atoms with E-state index in [-0.39, 0.29) is 10.7 Å². The Hall–Kier alpha value is -4.23. The minimum atomic E-state index is -0.574. The second-order valence-corrected chi connectivity index (χ2v) is 7.68. The van der Waals surface area contributed by atoms with Gasteiger partial charge in [0.25, 0.3) is 11.6 Å². The van der Waals surface area contributed by atoms with Crippen LogP contribution < -0.4 is 5.43 Å². The fourth-order valence-corrected chi connectivity index (χ4v) is 3.64. The second-order valence-electron chi connectivity index (χ2n) is 7.28. The highest BCUT2D eigenvalue weighted by Gasteiger charge is 2.13. The lowest BCUT2D eigenvalue weighted by molar-refractivity contribution is -0.384. The molecule has 0 atom stereocenters. The molecule has 4 aromatic rings. The fraction of sp³-hybridized carbons (Fsp3) is 0.0400. The molecule has 0 bridgehead atoms. The number of nitrogens with zero attached hydrogens (tertiary/aromatic N) is 3. The molecule has 0 fully saturated rings. The molecule has 0 saturated heterocycles. The number of hydrazone groups is 1. The number of nitro benzene ring substituents is 1. The monoisotopic (exact) mass is 458 g/mol. The first kappa shape index (κ1) is 22.0. The van der Waals surface area contributed by atoms with E-state index in [2.05, 4.69) is 39.4 Å². The van der Waals surface area contributed by atoms with Gasteiger partial charge < -0.3 is 4.57 Å². The van der Waals surface area contributed by atoms with Crippen LogP contribution in [0.3, 0.4) is 0 Å². The van der Waals surface area contributed by atoms with Gasteiger partial charge in [-0.1, -0.05) is 48.0 Å². The summed E-state index contributed by atoms with van der Waals surface area (Å²) in [6, 6.07) is 25.7. The van der Waals surface area contributed by atoms with Crippen molar-refractivity contribution in [3.05, 3.63) is 117 Å². The van der Waals surface area contributed by atoms with Gasteiger partial charge in [0.2, 0.25) is 0 Å². The molecule has 3 aromatic carbocycles. The van der Waals surface area contributed by atoms with Crippen LogP contribution >= 0.6 is 11.6 Å². The number of hydrogen-bond acceptors (Lipinski definition) is 4. The third-order valence-corrected chi connectivity index (χ3v) is 5.40. The van der Waals surface area contributed by atoms with Crippen molar-refractivity contribution in [1.82, 2.24) is 9.99 Å². The van der Waals surface area contributed by atoms with Crippen LogP contribution in [0.2, 0.25) is 5.02 Å². The molecule has 1 heterocycles. The number of carbonyl (C=O) groups is 1. The lowest BCUT2D eigenvalue weighted by atomic mass is 10.1. The van der Waals surface area contributed by atoms with Gasteiger partial charge in [-0.15, -0.1) is 0 Å². The van der Waals surface area contributed by atoms with E-state index in [4.69, 9.17) is 11.6 Å². The largest absolute Gasteiger partial charge is 0.314 e. The van der Waals surface area contributed by atoms with Gasteiger partial charge in [0.1, 0.15) is 5.02 Å². The average molecular weight is 459 g/mol. The van der Waals surface area contributed by atoms with Crippen molar-refractivity contribution >= 4 is 29.4 Å². The summed E-state index contributed by atoms with van der Waals surface area (Å²) in [5.41, 5.74) is 7.26. The quantitative estimate of drug-likeness (QED) is 0.225.